The van der Waals surface area contributed by atoms with Gasteiger partial charge < -0.3 is 10.2 Å². The van der Waals surface area contributed by atoms with Crippen LogP contribution in [0.2, 0.25) is 19.6 Å². The summed E-state index contributed by atoms with van der Waals surface area (Å²) in [6.45, 7) is 6.81. The minimum Gasteiger partial charge on any atom is -0.857 e. The summed E-state index contributed by atoms with van der Waals surface area (Å²) in [5.41, 5.74) is 0. The van der Waals surface area contributed by atoms with Gasteiger partial charge in [0.25, 0.3) is 0 Å². The first-order chi connectivity index (χ1) is 6.23. The van der Waals surface area contributed by atoms with Gasteiger partial charge in [-0.25, -0.2) is 12.2 Å². The second-order valence-electron chi connectivity index (χ2n) is 2.50. The summed E-state index contributed by atoms with van der Waals surface area (Å²) in [5.74, 6) is 0. The Morgan fingerprint density at radius 1 is 1.07 bits per heavy atom. The van der Waals surface area contributed by atoms with E-state index in [0.717, 1.165) is 20.6 Å². The van der Waals surface area contributed by atoms with Crippen LogP contribution in [0.15, 0.2) is 18.2 Å². The van der Waals surface area contributed by atoms with Gasteiger partial charge in [-0.3, -0.25) is 6.08 Å². The van der Waals surface area contributed by atoms with E-state index in [4.69, 9.17) is 10.2 Å². The fourth-order valence-corrected chi connectivity index (χ4v) is 0.340. The average molecular weight is 248 g/mol. The molecule has 80 valence electrons. The van der Waals surface area contributed by atoms with Crippen molar-refractivity contribution in [1.29, 1.82) is 0 Å². The third-order valence-electron chi connectivity index (χ3n) is 0.586. The Morgan fingerprint density at radius 3 is 1.50 bits per heavy atom. The van der Waals surface area contributed by atoms with Gasteiger partial charge in [-0.2, -0.15) is 20.3 Å². The predicted molar refractivity (Wildman–Crippen MR) is 56.8 cm³/mol. The van der Waals surface area contributed by atoms with Crippen LogP contribution in [0.5, 0.6) is 0 Å². The molecule has 0 N–H and O–H groups in total. The van der Waals surface area contributed by atoms with Crippen LogP contribution < -0.4 is 10.2 Å². The molecule has 0 unspecified atom stereocenters. The van der Waals surface area contributed by atoms with E-state index in [1.165, 1.54) is 0 Å². The Kier molecular flexibility index (Phi) is 49.8. The van der Waals surface area contributed by atoms with Gasteiger partial charge in [0.15, 0.2) is 0 Å². The molecule has 0 bridgehead atoms. The minimum atomic E-state index is 0. The first kappa shape index (κ1) is 23.9. The molecule has 0 amide bonds. The van der Waals surface area contributed by atoms with E-state index in [1.807, 2.05) is 12.2 Å². The zero-order valence-electron chi connectivity index (χ0n) is 9.76. The second-order valence-corrected chi connectivity index (χ2v) is 5.50. The summed E-state index contributed by atoms with van der Waals surface area (Å²) in [6, 6.07) is 0. The van der Waals surface area contributed by atoms with Crippen LogP contribution >= 0.6 is 0 Å². The summed E-state index contributed by atoms with van der Waals surface area (Å²) < 4.78 is 0. The summed E-state index contributed by atoms with van der Waals surface area (Å²) >= 11 is 0. The molecule has 1 aliphatic rings. The quantitative estimate of drug-likeness (QED) is 0.466. The fourth-order valence-electron chi connectivity index (χ4n) is 0.340. The zero-order valence-corrected chi connectivity index (χ0v) is 12.3. The van der Waals surface area contributed by atoms with E-state index >= 15 is 0 Å². The second kappa shape index (κ2) is 29.2. The standard InChI is InChI=1S/C5H5.C3H9Si.2CH3O.Ti/c1-2-4-5-3-1;1-4(2)3;2*1-2;/h1-3H,4H2;1-3H3;2*1H3;/q-1;;2*-1;+3. The number of rotatable bonds is 0. The Morgan fingerprint density at radius 2 is 1.43 bits per heavy atom. The van der Waals surface area contributed by atoms with Gasteiger partial charge in [0.1, 0.15) is 0 Å². The van der Waals surface area contributed by atoms with Crippen LogP contribution in [0.1, 0.15) is 6.42 Å². The molecule has 0 aromatic carbocycles. The molecule has 1 rings (SSSR count). The predicted octanol–water partition coefficient (Wildman–Crippen LogP) is 0.627. The van der Waals surface area contributed by atoms with Crippen molar-refractivity contribution in [2.45, 2.75) is 26.1 Å². The van der Waals surface area contributed by atoms with Gasteiger partial charge in [0.2, 0.25) is 0 Å². The van der Waals surface area contributed by atoms with E-state index < -0.39 is 0 Å². The molecule has 2 nitrogen and oxygen atoms in total. The Bertz CT molecular complexity index is 102. The first-order valence-corrected chi connectivity index (χ1v) is 7.03. The van der Waals surface area contributed by atoms with Crippen LogP contribution in [-0.4, -0.2) is 23.0 Å². The normalized spacial score (nSPS) is 9.71. The van der Waals surface area contributed by atoms with E-state index in [-0.39, 0.29) is 30.5 Å². The van der Waals surface area contributed by atoms with Crippen molar-refractivity contribution in [2.24, 2.45) is 0 Å². The minimum absolute atomic E-state index is 0. The van der Waals surface area contributed by atoms with Crippen LogP contribution in [0.25, 0.3) is 0 Å². The first-order valence-electron chi connectivity index (χ1n) is 4.03. The van der Waals surface area contributed by atoms with Gasteiger partial charge in [-0.15, -0.1) is 6.42 Å². The Labute approximate surface area is 105 Å². The molecular formula is C10H20O2SiTi. The molecular weight excluding hydrogens is 228 g/mol. The maximum Gasteiger partial charge on any atom is 3.00 e. The van der Waals surface area contributed by atoms with Crippen LogP contribution in [0, 0.1) is 6.08 Å². The molecule has 4 heteroatoms. The van der Waals surface area contributed by atoms with Gasteiger partial charge in [-0.05, 0) is 0 Å². The number of allylic oxidation sites excluding steroid dienone is 4. The van der Waals surface area contributed by atoms with Gasteiger partial charge >= 0.3 is 21.7 Å². The maximum atomic E-state index is 8.25. The van der Waals surface area contributed by atoms with Gasteiger partial charge in [0, 0.05) is 8.80 Å². The molecule has 0 aromatic heterocycles. The van der Waals surface area contributed by atoms with Gasteiger partial charge in [0.05, 0.1) is 0 Å². The third kappa shape index (κ3) is 55.7. The summed E-state index contributed by atoms with van der Waals surface area (Å²) in [4.78, 5) is 0. The Balaban J connectivity index is -0.0000000511. The zero-order chi connectivity index (χ0) is 11.1. The largest absolute Gasteiger partial charge is 3.00 e. The van der Waals surface area contributed by atoms with E-state index in [1.54, 1.807) is 0 Å². The summed E-state index contributed by atoms with van der Waals surface area (Å²) in [7, 11) is 1.62. The molecule has 14 heavy (non-hydrogen) atoms. The van der Waals surface area contributed by atoms with E-state index in [9.17, 15) is 0 Å². The van der Waals surface area contributed by atoms with Crippen LogP contribution in [-0.2, 0) is 21.7 Å². The molecule has 0 aromatic rings. The average Bonchev–Trinajstić information content (AvgIpc) is 2.67. The van der Waals surface area contributed by atoms with Crippen LogP contribution in [0.4, 0.5) is 0 Å². The maximum absolute atomic E-state index is 8.25. The number of hydrogen-bond donors (Lipinski definition) is 0. The molecule has 0 atom stereocenters. The van der Waals surface area contributed by atoms with Crippen LogP contribution in [0.3, 0.4) is 0 Å². The molecule has 0 fully saturated rings. The number of hydrogen-bond acceptors (Lipinski definition) is 2. The van der Waals surface area contributed by atoms with Gasteiger partial charge in [-0.1, -0.05) is 19.6 Å². The molecule has 0 aliphatic heterocycles. The molecule has 2 radical (unpaired) electrons. The van der Waals surface area contributed by atoms with Crippen molar-refractivity contribution < 1.29 is 31.9 Å². The SMILES string of the molecule is C[O-].C[O-].C[Si](C)C.[C-]1=CC=CC1.[Ti+3]. The van der Waals surface area contributed by atoms with Crippen molar-refractivity contribution in [3.8, 4) is 0 Å². The molecule has 0 saturated carbocycles. The van der Waals surface area contributed by atoms with Crippen molar-refractivity contribution >= 4 is 8.80 Å². The van der Waals surface area contributed by atoms with E-state index in [2.05, 4.69) is 31.8 Å². The Hall–Kier alpha value is 0.331. The molecule has 0 heterocycles. The van der Waals surface area contributed by atoms with Crippen molar-refractivity contribution in [3.05, 3.63) is 24.3 Å². The van der Waals surface area contributed by atoms with Crippen molar-refractivity contribution in [3.63, 3.8) is 0 Å². The molecule has 1 aliphatic carbocycles. The fraction of sp³-hybridized carbons (Fsp3) is 0.600. The smallest absolute Gasteiger partial charge is 0.857 e. The topological polar surface area (TPSA) is 46.1 Å². The third-order valence-corrected chi connectivity index (χ3v) is 0.586. The molecule has 0 spiro atoms. The summed E-state index contributed by atoms with van der Waals surface area (Å²) in [6.07, 6.45) is 10.0. The van der Waals surface area contributed by atoms with Crippen molar-refractivity contribution in [1.82, 2.24) is 0 Å². The molecule has 0 saturated heterocycles. The summed E-state index contributed by atoms with van der Waals surface area (Å²) in [5, 5.41) is 16.5. The van der Waals surface area contributed by atoms with E-state index in [0.29, 0.717) is 0 Å². The monoisotopic (exact) mass is 248 g/mol. The van der Waals surface area contributed by atoms with Crippen molar-refractivity contribution in [2.75, 3.05) is 14.2 Å².